The van der Waals surface area contributed by atoms with E-state index in [0.29, 0.717) is 12.1 Å². The monoisotopic (exact) mass is 234 g/mol. The molecule has 1 aliphatic rings. The van der Waals surface area contributed by atoms with Gasteiger partial charge in [-0.05, 0) is 50.6 Å². The molecule has 0 aromatic heterocycles. The molecule has 1 aliphatic heterocycles. The van der Waals surface area contributed by atoms with Crippen LogP contribution in [-0.4, -0.2) is 32.8 Å². The Morgan fingerprint density at radius 3 is 2.59 bits per heavy atom. The molecule has 2 rings (SSSR count). The number of anilines is 1. The zero-order valence-corrected chi connectivity index (χ0v) is 10.9. The Hall–Kier alpha value is -1.22. The summed E-state index contributed by atoms with van der Waals surface area (Å²) in [6.07, 6.45) is 2.43. The molecule has 0 spiro atoms. The Balaban J connectivity index is 2.04. The lowest BCUT2D eigenvalue weighted by Crippen LogP contribution is -2.45. The maximum Gasteiger partial charge on any atom is 0.119 e. The summed E-state index contributed by atoms with van der Waals surface area (Å²) < 4.78 is 5.18. The van der Waals surface area contributed by atoms with Gasteiger partial charge in [0.2, 0.25) is 0 Å². The average Bonchev–Trinajstić information content (AvgIpc) is 2.38. The molecule has 2 unspecified atom stereocenters. The van der Waals surface area contributed by atoms with E-state index in [2.05, 4.69) is 36.3 Å². The van der Waals surface area contributed by atoms with Crippen LogP contribution in [0.2, 0.25) is 0 Å². The molecule has 0 aliphatic carbocycles. The third kappa shape index (κ3) is 2.91. The van der Waals surface area contributed by atoms with Gasteiger partial charge >= 0.3 is 0 Å². The maximum atomic E-state index is 5.18. The summed E-state index contributed by atoms with van der Waals surface area (Å²) in [5.41, 5.74) is 1.27. The smallest absolute Gasteiger partial charge is 0.119 e. The summed E-state index contributed by atoms with van der Waals surface area (Å²) in [4.78, 5) is 2.39. The first-order chi connectivity index (χ1) is 8.20. The highest BCUT2D eigenvalue weighted by atomic mass is 16.5. The molecule has 94 valence electrons. The SMILES string of the molecule is COc1ccc(N(C)C2CCNC(C)C2)cc1. The number of hydrogen-bond acceptors (Lipinski definition) is 3. The molecule has 0 radical (unpaired) electrons. The van der Waals surface area contributed by atoms with Crippen LogP contribution in [0.15, 0.2) is 24.3 Å². The fourth-order valence-corrected chi connectivity index (χ4v) is 2.49. The van der Waals surface area contributed by atoms with Gasteiger partial charge in [0, 0.05) is 24.8 Å². The van der Waals surface area contributed by atoms with Gasteiger partial charge in [-0.3, -0.25) is 0 Å². The molecule has 1 N–H and O–H groups in total. The number of piperidine rings is 1. The third-order valence-corrected chi connectivity index (χ3v) is 3.62. The minimum atomic E-state index is 0.620. The van der Waals surface area contributed by atoms with Crippen molar-refractivity contribution in [2.45, 2.75) is 31.8 Å². The summed E-state index contributed by atoms with van der Waals surface area (Å²) >= 11 is 0. The van der Waals surface area contributed by atoms with Crippen LogP contribution in [0.1, 0.15) is 19.8 Å². The number of rotatable bonds is 3. The van der Waals surface area contributed by atoms with E-state index in [1.165, 1.54) is 18.5 Å². The summed E-state index contributed by atoms with van der Waals surface area (Å²) in [5, 5.41) is 3.49. The van der Waals surface area contributed by atoms with Crippen LogP contribution in [0.4, 0.5) is 5.69 Å². The number of nitrogens with one attached hydrogen (secondary N) is 1. The van der Waals surface area contributed by atoms with Crippen LogP contribution >= 0.6 is 0 Å². The van der Waals surface area contributed by atoms with Gasteiger partial charge in [-0.15, -0.1) is 0 Å². The topological polar surface area (TPSA) is 24.5 Å². The molecular weight excluding hydrogens is 212 g/mol. The summed E-state index contributed by atoms with van der Waals surface area (Å²) in [6.45, 7) is 3.38. The van der Waals surface area contributed by atoms with Gasteiger partial charge in [0.25, 0.3) is 0 Å². The van der Waals surface area contributed by atoms with Gasteiger partial charge < -0.3 is 15.0 Å². The molecule has 1 saturated heterocycles. The Morgan fingerprint density at radius 2 is 2.00 bits per heavy atom. The van der Waals surface area contributed by atoms with Crippen molar-refractivity contribution in [3.8, 4) is 5.75 Å². The molecule has 1 aromatic rings. The van der Waals surface area contributed by atoms with Gasteiger partial charge in [0.05, 0.1) is 7.11 Å². The molecule has 3 heteroatoms. The fraction of sp³-hybridized carbons (Fsp3) is 0.571. The predicted octanol–water partition coefficient (Wildman–Crippen LogP) is 2.27. The van der Waals surface area contributed by atoms with Gasteiger partial charge in [-0.1, -0.05) is 0 Å². The Labute approximate surface area is 104 Å². The van der Waals surface area contributed by atoms with Crippen molar-refractivity contribution in [3.05, 3.63) is 24.3 Å². The van der Waals surface area contributed by atoms with Crippen LogP contribution in [0.5, 0.6) is 5.75 Å². The lowest BCUT2D eigenvalue weighted by Gasteiger charge is -2.36. The number of benzene rings is 1. The molecule has 0 saturated carbocycles. The van der Waals surface area contributed by atoms with Crippen molar-refractivity contribution >= 4 is 5.69 Å². The molecule has 0 amide bonds. The zero-order chi connectivity index (χ0) is 12.3. The molecular formula is C14H22N2O. The normalized spacial score (nSPS) is 24.4. The average molecular weight is 234 g/mol. The first kappa shape index (κ1) is 12.2. The van der Waals surface area contributed by atoms with Crippen molar-refractivity contribution in [1.29, 1.82) is 0 Å². The lowest BCUT2D eigenvalue weighted by molar-refractivity contribution is 0.371. The number of nitrogens with zero attached hydrogens (tertiary/aromatic N) is 1. The first-order valence-corrected chi connectivity index (χ1v) is 6.31. The molecule has 17 heavy (non-hydrogen) atoms. The molecule has 1 aromatic carbocycles. The number of methoxy groups -OCH3 is 1. The van der Waals surface area contributed by atoms with E-state index in [1.54, 1.807) is 7.11 Å². The van der Waals surface area contributed by atoms with Crippen LogP contribution in [0.3, 0.4) is 0 Å². The van der Waals surface area contributed by atoms with Gasteiger partial charge in [0.1, 0.15) is 5.75 Å². The van der Waals surface area contributed by atoms with E-state index < -0.39 is 0 Å². The van der Waals surface area contributed by atoms with Crippen molar-refractivity contribution in [2.24, 2.45) is 0 Å². The Kier molecular flexibility index (Phi) is 3.89. The third-order valence-electron chi connectivity index (χ3n) is 3.62. The highest BCUT2D eigenvalue weighted by Gasteiger charge is 2.22. The minimum Gasteiger partial charge on any atom is -0.497 e. The highest BCUT2D eigenvalue weighted by Crippen LogP contribution is 2.23. The number of hydrogen-bond donors (Lipinski definition) is 1. The summed E-state index contributed by atoms with van der Waals surface area (Å²) in [6, 6.07) is 9.57. The highest BCUT2D eigenvalue weighted by molar-refractivity contribution is 5.49. The second-order valence-electron chi connectivity index (χ2n) is 4.84. The largest absolute Gasteiger partial charge is 0.497 e. The molecule has 0 bridgehead atoms. The van der Waals surface area contributed by atoms with Crippen LogP contribution in [-0.2, 0) is 0 Å². The molecule has 2 atom stereocenters. The Bertz CT molecular complexity index is 350. The molecule has 3 nitrogen and oxygen atoms in total. The van der Waals surface area contributed by atoms with Crippen LogP contribution < -0.4 is 15.0 Å². The predicted molar refractivity (Wildman–Crippen MR) is 71.9 cm³/mol. The zero-order valence-electron chi connectivity index (χ0n) is 10.9. The standard InChI is InChI=1S/C14H22N2O/c1-11-10-13(8-9-15-11)16(2)12-4-6-14(17-3)7-5-12/h4-7,11,13,15H,8-10H2,1-3H3. The van der Waals surface area contributed by atoms with Crippen molar-refractivity contribution in [3.63, 3.8) is 0 Å². The van der Waals surface area contributed by atoms with E-state index in [4.69, 9.17) is 4.74 Å². The van der Waals surface area contributed by atoms with Crippen molar-refractivity contribution < 1.29 is 4.74 Å². The first-order valence-electron chi connectivity index (χ1n) is 6.31. The van der Waals surface area contributed by atoms with Crippen molar-refractivity contribution in [2.75, 3.05) is 25.6 Å². The van der Waals surface area contributed by atoms with Gasteiger partial charge in [0.15, 0.2) is 0 Å². The van der Waals surface area contributed by atoms with E-state index in [1.807, 2.05) is 12.1 Å². The van der Waals surface area contributed by atoms with Gasteiger partial charge in [-0.25, -0.2) is 0 Å². The van der Waals surface area contributed by atoms with Gasteiger partial charge in [-0.2, -0.15) is 0 Å². The van der Waals surface area contributed by atoms with E-state index in [-0.39, 0.29) is 0 Å². The fourth-order valence-electron chi connectivity index (χ4n) is 2.49. The molecule has 1 heterocycles. The van der Waals surface area contributed by atoms with E-state index in [0.717, 1.165) is 12.3 Å². The summed E-state index contributed by atoms with van der Waals surface area (Å²) in [5.74, 6) is 0.917. The lowest BCUT2D eigenvalue weighted by atomic mass is 9.99. The van der Waals surface area contributed by atoms with E-state index in [9.17, 15) is 0 Å². The molecule has 1 fully saturated rings. The number of ether oxygens (including phenoxy) is 1. The minimum absolute atomic E-state index is 0.620. The maximum absolute atomic E-state index is 5.18. The van der Waals surface area contributed by atoms with E-state index >= 15 is 0 Å². The van der Waals surface area contributed by atoms with Crippen LogP contribution in [0.25, 0.3) is 0 Å². The second-order valence-corrected chi connectivity index (χ2v) is 4.84. The summed E-state index contributed by atoms with van der Waals surface area (Å²) in [7, 11) is 3.89. The second kappa shape index (κ2) is 5.41. The Morgan fingerprint density at radius 1 is 1.29 bits per heavy atom. The quantitative estimate of drug-likeness (QED) is 0.868. The van der Waals surface area contributed by atoms with Crippen molar-refractivity contribution in [1.82, 2.24) is 5.32 Å². The van der Waals surface area contributed by atoms with Crippen LogP contribution in [0, 0.1) is 0 Å².